The molecule has 0 spiro atoms. The van der Waals surface area contributed by atoms with Gasteiger partial charge in [0.1, 0.15) is 11.7 Å². The van der Waals surface area contributed by atoms with E-state index in [0.717, 1.165) is 32.4 Å². The van der Waals surface area contributed by atoms with E-state index in [9.17, 15) is 9.59 Å². The fourth-order valence-corrected chi connectivity index (χ4v) is 3.17. The highest BCUT2D eigenvalue weighted by molar-refractivity contribution is 5.96. The molecule has 2 heterocycles. The van der Waals surface area contributed by atoms with Gasteiger partial charge < -0.3 is 14.7 Å². The van der Waals surface area contributed by atoms with Crippen LogP contribution in [0.5, 0.6) is 0 Å². The number of amides is 2. The SMILES string of the molecule is CCC(NC(=O)c1cc(-c2cccc(C#N)c2)no1)C(=O)N1CCCCC1. The van der Waals surface area contributed by atoms with Crippen molar-refractivity contribution >= 4 is 11.8 Å². The van der Waals surface area contributed by atoms with Crippen LogP contribution in [-0.4, -0.2) is 41.0 Å². The van der Waals surface area contributed by atoms with E-state index in [-0.39, 0.29) is 11.7 Å². The Bertz CT molecular complexity index is 862. The zero-order valence-corrected chi connectivity index (χ0v) is 15.3. The lowest BCUT2D eigenvalue weighted by Gasteiger charge is -2.30. The highest BCUT2D eigenvalue weighted by Gasteiger charge is 2.27. The van der Waals surface area contributed by atoms with Gasteiger partial charge in [0.15, 0.2) is 0 Å². The number of rotatable bonds is 5. The van der Waals surface area contributed by atoms with Crippen LogP contribution in [0, 0.1) is 11.3 Å². The molecule has 2 aromatic rings. The van der Waals surface area contributed by atoms with Gasteiger partial charge in [-0.25, -0.2) is 0 Å². The summed E-state index contributed by atoms with van der Waals surface area (Å²) in [6, 6.07) is 9.90. The molecule has 27 heavy (non-hydrogen) atoms. The van der Waals surface area contributed by atoms with Crippen molar-refractivity contribution in [2.75, 3.05) is 13.1 Å². The number of likely N-dealkylation sites (tertiary alicyclic amines) is 1. The molecule has 1 aliphatic rings. The van der Waals surface area contributed by atoms with Crippen molar-refractivity contribution < 1.29 is 14.1 Å². The summed E-state index contributed by atoms with van der Waals surface area (Å²) in [5.74, 6) is -0.480. The Morgan fingerprint density at radius 2 is 2.07 bits per heavy atom. The summed E-state index contributed by atoms with van der Waals surface area (Å²) >= 11 is 0. The van der Waals surface area contributed by atoms with Gasteiger partial charge in [0.2, 0.25) is 11.7 Å². The van der Waals surface area contributed by atoms with E-state index >= 15 is 0 Å². The average Bonchev–Trinajstić information content (AvgIpc) is 3.22. The summed E-state index contributed by atoms with van der Waals surface area (Å²) in [5.41, 5.74) is 1.65. The van der Waals surface area contributed by atoms with E-state index < -0.39 is 11.9 Å². The molecule has 0 saturated carbocycles. The first-order valence-electron chi connectivity index (χ1n) is 9.19. The minimum absolute atomic E-state index is 0.0391. The molecule has 0 aliphatic carbocycles. The van der Waals surface area contributed by atoms with Crippen LogP contribution in [-0.2, 0) is 4.79 Å². The third kappa shape index (κ3) is 4.34. The molecule has 7 heteroatoms. The van der Waals surface area contributed by atoms with Crippen LogP contribution >= 0.6 is 0 Å². The molecule has 0 bridgehead atoms. The van der Waals surface area contributed by atoms with Gasteiger partial charge in [0.25, 0.3) is 5.91 Å². The molecule has 1 aliphatic heterocycles. The van der Waals surface area contributed by atoms with E-state index in [1.165, 1.54) is 6.07 Å². The fraction of sp³-hybridized carbons (Fsp3) is 0.400. The van der Waals surface area contributed by atoms with Crippen LogP contribution in [0.15, 0.2) is 34.9 Å². The number of hydrogen-bond acceptors (Lipinski definition) is 5. The Kier molecular flexibility index (Phi) is 5.87. The summed E-state index contributed by atoms with van der Waals surface area (Å²) in [4.78, 5) is 26.9. The van der Waals surface area contributed by atoms with Crippen LogP contribution in [0.25, 0.3) is 11.3 Å². The molecular weight excluding hydrogens is 344 g/mol. The Morgan fingerprint density at radius 3 is 2.78 bits per heavy atom. The second kappa shape index (κ2) is 8.49. The summed E-state index contributed by atoms with van der Waals surface area (Å²) in [5, 5.41) is 15.7. The molecule has 0 radical (unpaired) electrons. The van der Waals surface area contributed by atoms with E-state index in [4.69, 9.17) is 9.78 Å². The number of nitrogens with zero attached hydrogens (tertiary/aromatic N) is 3. The normalized spacial score (nSPS) is 15.0. The molecule has 1 saturated heterocycles. The molecule has 1 unspecified atom stereocenters. The van der Waals surface area contributed by atoms with Crippen LogP contribution in [0.2, 0.25) is 0 Å². The zero-order valence-electron chi connectivity index (χ0n) is 15.3. The fourth-order valence-electron chi connectivity index (χ4n) is 3.17. The maximum Gasteiger partial charge on any atom is 0.290 e. The van der Waals surface area contributed by atoms with Crippen molar-refractivity contribution in [3.05, 3.63) is 41.7 Å². The number of nitrogens with one attached hydrogen (secondary N) is 1. The summed E-state index contributed by atoms with van der Waals surface area (Å²) < 4.78 is 5.16. The average molecular weight is 366 g/mol. The molecule has 1 N–H and O–H groups in total. The standard InChI is InChI=1S/C20H22N4O3/c1-2-16(20(26)24-9-4-3-5-10-24)22-19(25)18-12-17(23-27-18)15-8-6-7-14(11-15)13-21/h6-8,11-12,16H,2-5,9-10H2,1H3,(H,22,25). The molecule has 140 valence electrons. The third-order valence-electron chi connectivity index (χ3n) is 4.70. The molecule has 1 aromatic heterocycles. The lowest BCUT2D eigenvalue weighted by Crippen LogP contribution is -2.49. The molecule has 1 fully saturated rings. The van der Waals surface area contributed by atoms with Crippen molar-refractivity contribution in [2.45, 2.75) is 38.6 Å². The maximum absolute atomic E-state index is 12.6. The highest BCUT2D eigenvalue weighted by Crippen LogP contribution is 2.20. The largest absolute Gasteiger partial charge is 0.350 e. The molecule has 1 atom stereocenters. The highest BCUT2D eigenvalue weighted by atomic mass is 16.5. The predicted octanol–water partition coefficient (Wildman–Crippen LogP) is 2.73. The third-order valence-corrected chi connectivity index (χ3v) is 4.70. The van der Waals surface area contributed by atoms with Crippen LogP contribution in [0.4, 0.5) is 0 Å². The molecule has 3 rings (SSSR count). The van der Waals surface area contributed by atoms with Crippen molar-refractivity contribution in [2.24, 2.45) is 0 Å². The number of nitriles is 1. The van der Waals surface area contributed by atoms with Gasteiger partial charge in [-0.2, -0.15) is 5.26 Å². The number of hydrogen-bond donors (Lipinski definition) is 1. The molecule has 2 amide bonds. The summed E-state index contributed by atoms with van der Waals surface area (Å²) in [6.07, 6.45) is 3.65. The van der Waals surface area contributed by atoms with E-state index in [1.807, 2.05) is 11.8 Å². The molecular formula is C20H22N4O3. The van der Waals surface area contributed by atoms with Crippen molar-refractivity contribution in [1.82, 2.24) is 15.4 Å². The maximum atomic E-state index is 12.6. The first-order valence-corrected chi connectivity index (χ1v) is 9.19. The van der Waals surface area contributed by atoms with E-state index in [1.54, 1.807) is 24.3 Å². The summed E-state index contributed by atoms with van der Waals surface area (Å²) in [6.45, 7) is 3.35. The van der Waals surface area contributed by atoms with Crippen LogP contribution in [0.3, 0.4) is 0 Å². The number of aromatic nitrogens is 1. The lowest BCUT2D eigenvalue weighted by molar-refractivity contribution is -0.134. The van der Waals surface area contributed by atoms with E-state index in [2.05, 4.69) is 16.5 Å². The Labute approximate surface area is 157 Å². The second-order valence-corrected chi connectivity index (χ2v) is 6.59. The minimum Gasteiger partial charge on any atom is -0.350 e. The van der Waals surface area contributed by atoms with Gasteiger partial charge in [0.05, 0.1) is 11.6 Å². The first kappa shape index (κ1) is 18.6. The Balaban J connectivity index is 1.69. The van der Waals surface area contributed by atoms with Crippen molar-refractivity contribution in [3.8, 4) is 17.3 Å². The lowest BCUT2D eigenvalue weighted by atomic mass is 10.1. The first-order chi connectivity index (χ1) is 13.1. The van der Waals surface area contributed by atoms with Gasteiger partial charge in [0, 0.05) is 24.7 Å². The Morgan fingerprint density at radius 1 is 1.30 bits per heavy atom. The zero-order chi connectivity index (χ0) is 19.2. The van der Waals surface area contributed by atoms with Gasteiger partial charge in [-0.15, -0.1) is 0 Å². The number of piperidine rings is 1. The number of carbonyl (C=O) groups is 2. The van der Waals surface area contributed by atoms with Crippen molar-refractivity contribution in [1.29, 1.82) is 5.26 Å². The minimum atomic E-state index is -0.578. The van der Waals surface area contributed by atoms with Gasteiger partial charge in [-0.3, -0.25) is 9.59 Å². The smallest absolute Gasteiger partial charge is 0.290 e. The monoisotopic (exact) mass is 366 g/mol. The number of carbonyl (C=O) groups excluding carboxylic acids is 2. The van der Waals surface area contributed by atoms with Gasteiger partial charge in [-0.05, 0) is 37.8 Å². The quantitative estimate of drug-likeness (QED) is 0.877. The predicted molar refractivity (Wildman–Crippen MR) is 98.6 cm³/mol. The molecule has 1 aromatic carbocycles. The van der Waals surface area contributed by atoms with Crippen molar-refractivity contribution in [3.63, 3.8) is 0 Å². The van der Waals surface area contributed by atoms with Crippen LogP contribution < -0.4 is 5.32 Å². The Hall–Kier alpha value is -3.14. The van der Waals surface area contributed by atoms with Gasteiger partial charge >= 0.3 is 0 Å². The van der Waals surface area contributed by atoms with Gasteiger partial charge in [-0.1, -0.05) is 24.2 Å². The van der Waals surface area contributed by atoms with Crippen LogP contribution in [0.1, 0.15) is 48.7 Å². The number of benzene rings is 1. The summed E-state index contributed by atoms with van der Waals surface area (Å²) in [7, 11) is 0. The second-order valence-electron chi connectivity index (χ2n) is 6.59. The topological polar surface area (TPSA) is 99.2 Å². The molecule has 7 nitrogen and oxygen atoms in total. The van der Waals surface area contributed by atoms with E-state index in [0.29, 0.717) is 23.2 Å².